The number of halogens is 1. The number of nitrogens with one attached hydrogen (secondary N) is 1. The van der Waals surface area contributed by atoms with Gasteiger partial charge < -0.3 is 5.32 Å². The molecule has 0 radical (unpaired) electrons. The predicted molar refractivity (Wildman–Crippen MR) is 77.1 cm³/mol. The van der Waals surface area contributed by atoms with Crippen LogP contribution in [0, 0.1) is 0 Å². The molecule has 0 fully saturated rings. The highest BCUT2D eigenvalue weighted by molar-refractivity contribution is 9.10. The lowest BCUT2D eigenvalue weighted by molar-refractivity contribution is 0.717. The van der Waals surface area contributed by atoms with E-state index in [9.17, 15) is 0 Å². The Morgan fingerprint density at radius 1 is 1.38 bits per heavy atom. The van der Waals surface area contributed by atoms with Crippen LogP contribution in [0.3, 0.4) is 0 Å². The zero-order chi connectivity index (χ0) is 12.0. The Kier molecular flexibility index (Phi) is 6.47. The van der Waals surface area contributed by atoms with Crippen LogP contribution >= 0.6 is 27.7 Å². The molecule has 1 rings (SSSR count). The minimum atomic E-state index is 0.676. The SMILES string of the molecule is CCNCc1ccc(Br)cc1SC(C)CC. The van der Waals surface area contributed by atoms with Crippen molar-refractivity contribution < 1.29 is 0 Å². The molecule has 0 aliphatic heterocycles. The highest BCUT2D eigenvalue weighted by atomic mass is 79.9. The van der Waals surface area contributed by atoms with Crippen molar-refractivity contribution in [1.29, 1.82) is 0 Å². The molecule has 0 heterocycles. The fraction of sp³-hybridized carbons (Fsp3) is 0.538. The van der Waals surface area contributed by atoms with Crippen LogP contribution in [-0.2, 0) is 6.54 Å². The highest BCUT2D eigenvalue weighted by Crippen LogP contribution is 2.30. The van der Waals surface area contributed by atoms with Crippen LogP contribution in [0.2, 0.25) is 0 Å². The Balaban J connectivity index is 2.80. The normalized spacial score (nSPS) is 12.8. The van der Waals surface area contributed by atoms with Gasteiger partial charge in [0.25, 0.3) is 0 Å². The number of thioether (sulfide) groups is 1. The van der Waals surface area contributed by atoms with Crippen LogP contribution < -0.4 is 5.32 Å². The Morgan fingerprint density at radius 3 is 2.75 bits per heavy atom. The topological polar surface area (TPSA) is 12.0 Å². The first-order valence-electron chi connectivity index (χ1n) is 5.83. The second-order valence-electron chi connectivity index (χ2n) is 3.87. The maximum atomic E-state index is 3.54. The molecule has 0 aliphatic carbocycles. The van der Waals surface area contributed by atoms with E-state index in [0.29, 0.717) is 5.25 Å². The summed E-state index contributed by atoms with van der Waals surface area (Å²) in [6.45, 7) is 8.63. The lowest BCUT2D eigenvalue weighted by Crippen LogP contribution is -2.12. The number of hydrogen-bond acceptors (Lipinski definition) is 2. The van der Waals surface area contributed by atoms with E-state index >= 15 is 0 Å². The summed E-state index contributed by atoms with van der Waals surface area (Å²) in [4.78, 5) is 1.39. The van der Waals surface area contributed by atoms with Crippen molar-refractivity contribution in [3.63, 3.8) is 0 Å². The van der Waals surface area contributed by atoms with Gasteiger partial charge in [0, 0.05) is 21.2 Å². The maximum Gasteiger partial charge on any atom is 0.0216 e. The van der Waals surface area contributed by atoms with Gasteiger partial charge in [0.2, 0.25) is 0 Å². The fourth-order valence-electron chi connectivity index (χ4n) is 1.34. The van der Waals surface area contributed by atoms with Gasteiger partial charge in [-0.05, 0) is 30.7 Å². The van der Waals surface area contributed by atoms with Crippen LogP contribution in [0.5, 0.6) is 0 Å². The molecule has 0 aromatic heterocycles. The van der Waals surface area contributed by atoms with Crippen molar-refractivity contribution in [2.24, 2.45) is 0 Å². The van der Waals surface area contributed by atoms with E-state index in [4.69, 9.17) is 0 Å². The van der Waals surface area contributed by atoms with Crippen molar-refractivity contribution in [2.45, 2.75) is 43.9 Å². The smallest absolute Gasteiger partial charge is 0.0216 e. The first-order valence-corrected chi connectivity index (χ1v) is 7.50. The molecule has 90 valence electrons. The molecule has 0 spiro atoms. The molecule has 0 aliphatic rings. The van der Waals surface area contributed by atoms with E-state index in [2.05, 4.69) is 60.2 Å². The Bertz CT molecular complexity index is 328. The molecule has 0 amide bonds. The summed E-state index contributed by atoms with van der Waals surface area (Å²) in [5, 5.41) is 4.06. The molecule has 0 bridgehead atoms. The van der Waals surface area contributed by atoms with Crippen molar-refractivity contribution in [3.05, 3.63) is 28.2 Å². The molecular formula is C13H20BrNS. The van der Waals surface area contributed by atoms with Crippen LogP contribution in [-0.4, -0.2) is 11.8 Å². The van der Waals surface area contributed by atoms with Crippen LogP contribution in [0.15, 0.2) is 27.6 Å². The van der Waals surface area contributed by atoms with Gasteiger partial charge in [-0.2, -0.15) is 0 Å². The van der Waals surface area contributed by atoms with Crippen LogP contribution in [0.4, 0.5) is 0 Å². The van der Waals surface area contributed by atoms with Crippen molar-refractivity contribution in [3.8, 4) is 0 Å². The molecule has 1 atom stereocenters. The molecule has 0 saturated heterocycles. The Hall–Kier alpha value is 0.01000. The molecule has 3 heteroatoms. The van der Waals surface area contributed by atoms with Gasteiger partial charge in [0.15, 0.2) is 0 Å². The van der Waals surface area contributed by atoms with E-state index in [1.165, 1.54) is 21.4 Å². The predicted octanol–water partition coefficient (Wildman–Crippen LogP) is 4.45. The first-order chi connectivity index (χ1) is 7.67. The highest BCUT2D eigenvalue weighted by Gasteiger charge is 2.07. The van der Waals surface area contributed by atoms with Gasteiger partial charge in [-0.1, -0.05) is 42.8 Å². The lowest BCUT2D eigenvalue weighted by Gasteiger charge is -2.13. The van der Waals surface area contributed by atoms with E-state index in [1.54, 1.807) is 0 Å². The first kappa shape index (κ1) is 14.1. The van der Waals surface area contributed by atoms with Crippen LogP contribution in [0.1, 0.15) is 32.8 Å². The molecular weight excluding hydrogens is 282 g/mol. The van der Waals surface area contributed by atoms with E-state index in [0.717, 1.165) is 13.1 Å². The molecule has 1 unspecified atom stereocenters. The third-order valence-corrected chi connectivity index (χ3v) is 4.36. The van der Waals surface area contributed by atoms with E-state index in [-0.39, 0.29) is 0 Å². The third kappa shape index (κ3) is 4.48. The quantitative estimate of drug-likeness (QED) is 0.779. The average molecular weight is 302 g/mol. The van der Waals surface area contributed by atoms with Gasteiger partial charge in [0.1, 0.15) is 0 Å². The second-order valence-corrected chi connectivity index (χ2v) is 6.27. The summed E-state index contributed by atoms with van der Waals surface area (Å²) in [5.41, 5.74) is 1.40. The number of hydrogen-bond donors (Lipinski definition) is 1. The molecule has 16 heavy (non-hydrogen) atoms. The minimum absolute atomic E-state index is 0.676. The van der Waals surface area contributed by atoms with Crippen molar-refractivity contribution in [2.75, 3.05) is 6.54 Å². The number of benzene rings is 1. The molecule has 1 aromatic rings. The van der Waals surface area contributed by atoms with Gasteiger partial charge in [-0.15, -0.1) is 11.8 Å². The number of rotatable bonds is 6. The maximum absolute atomic E-state index is 3.54. The summed E-state index contributed by atoms with van der Waals surface area (Å²) in [6.07, 6.45) is 1.21. The van der Waals surface area contributed by atoms with Crippen molar-refractivity contribution in [1.82, 2.24) is 5.32 Å². The summed E-state index contributed by atoms with van der Waals surface area (Å²) >= 11 is 5.51. The summed E-state index contributed by atoms with van der Waals surface area (Å²) < 4.78 is 1.17. The zero-order valence-corrected chi connectivity index (χ0v) is 12.6. The minimum Gasteiger partial charge on any atom is -0.313 e. The lowest BCUT2D eigenvalue weighted by atomic mass is 10.2. The monoisotopic (exact) mass is 301 g/mol. The van der Waals surface area contributed by atoms with Gasteiger partial charge in [0.05, 0.1) is 0 Å². The van der Waals surface area contributed by atoms with Gasteiger partial charge in [-0.3, -0.25) is 0 Å². The molecule has 1 nitrogen and oxygen atoms in total. The van der Waals surface area contributed by atoms with Crippen LogP contribution in [0.25, 0.3) is 0 Å². The summed E-state index contributed by atoms with van der Waals surface area (Å²) in [5.74, 6) is 0. The zero-order valence-electron chi connectivity index (χ0n) is 10.2. The summed E-state index contributed by atoms with van der Waals surface area (Å²) in [7, 11) is 0. The van der Waals surface area contributed by atoms with Gasteiger partial charge >= 0.3 is 0 Å². The Labute approximate surface area is 112 Å². The van der Waals surface area contributed by atoms with E-state index < -0.39 is 0 Å². The van der Waals surface area contributed by atoms with E-state index in [1.807, 2.05) is 11.8 Å². The average Bonchev–Trinajstić information content (AvgIpc) is 2.28. The largest absolute Gasteiger partial charge is 0.313 e. The standard InChI is InChI=1S/C13H20BrNS/c1-4-10(3)16-13-8-12(14)7-6-11(13)9-15-5-2/h6-8,10,15H,4-5,9H2,1-3H3. The third-order valence-electron chi connectivity index (χ3n) is 2.50. The molecule has 1 N–H and O–H groups in total. The second kappa shape index (κ2) is 7.36. The fourth-order valence-corrected chi connectivity index (χ4v) is 2.94. The Morgan fingerprint density at radius 2 is 2.12 bits per heavy atom. The summed E-state index contributed by atoms with van der Waals surface area (Å²) in [6, 6.07) is 6.55. The van der Waals surface area contributed by atoms with Crippen molar-refractivity contribution >= 4 is 27.7 Å². The molecule has 1 aromatic carbocycles. The van der Waals surface area contributed by atoms with Gasteiger partial charge in [-0.25, -0.2) is 0 Å². The molecule has 0 saturated carbocycles.